The smallest absolute Gasteiger partial charge is 0.353 e. The van der Waals surface area contributed by atoms with E-state index in [1.54, 1.807) is 24.3 Å². The number of methoxy groups -OCH3 is 1. The maximum Gasteiger partial charge on any atom is 0.353 e. The number of rotatable bonds is 6. The van der Waals surface area contributed by atoms with Gasteiger partial charge in [-0.25, -0.2) is 0 Å². The molecule has 1 aliphatic heterocycles. The summed E-state index contributed by atoms with van der Waals surface area (Å²) in [6, 6.07) is 9.45. The van der Waals surface area contributed by atoms with Gasteiger partial charge in [-0.05, 0) is 41.6 Å². The fourth-order valence-corrected chi connectivity index (χ4v) is 3.91. The Morgan fingerprint density at radius 2 is 1.97 bits per heavy atom. The largest absolute Gasteiger partial charge is 0.490 e. The van der Waals surface area contributed by atoms with Crippen LogP contribution in [0, 0.1) is 10.1 Å². The Morgan fingerprint density at radius 3 is 2.58 bits per heavy atom. The van der Waals surface area contributed by atoms with Crippen molar-refractivity contribution in [2.75, 3.05) is 7.11 Å². The van der Waals surface area contributed by atoms with Gasteiger partial charge in [0, 0.05) is 17.5 Å². The van der Waals surface area contributed by atoms with E-state index in [0.717, 1.165) is 11.8 Å². The van der Waals surface area contributed by atoms with E-state index in [1.807, 2.05) is 0 Å². The Morgan fingerprint density at radius 1 is 1.26 bits per heavy atom. The molecule has 0 saturated carbocycles. The van der Waals surface area contributed by atoms with Crippen molar-refractivity contribution in [2.24, 2.45) is 0 Å². The number of carbonyl (C=O) groups is 3. The number of nitrogens with zero attached hydrogens (tertiary/aromatic N) is 2. The number of halogens is 1. The molecule has 160 valence electrons. The number of hydrogen-bond acceptors (Lipinski definition) is 8. The van der Waals surface area contributed by atoms with E-state index in [-0.39, 0.29) is 28.5 Å². The van der Waals surface area contributed by atoms with Crippen molar-refractivity contribution in [1.82, 2.24) is 4.90 Å². The maximum absolute atomic E-state index is 12.8. The number of nitro benzene ring substituents is 1. The van der Waals surface area contributed by atoms with Gasteiger partial charge in [0.15, 0.2) is 0 Å². The minimum atomic E-state index is -0.752. The van der Waals surface area contributed by atoms with E-state index in [2.05, 4.69) is 0 Å². The molecule has 2 amide bonds. The number of carbonyl (C=O) groups excluding carboxylic acids is 3. The Bertz CT molecular complexity index is 1130. The lowest BCUT2D eigenvalue weighted by Gasteiger charge is -2.13. The third kappa shape index (κ3) is 4.70. The molecule has 0 atom stereocenters. The third-order valence-electron chi connectivity index (χ3n) is 4.21. The fourth-order valence-electron chi connectivity index (χ4n) is 2.88. The number of esters is 1. The summed E-state index contributed by atoms with van der Waals surface area (Å²) >= 11 is 6.81. The first-order valence-corrected chi connectivity index (χ1v) is 9.95. The van der Waals surface area contributed by atoms with Crippen molar-refractivity contribution in [1.29, 1.82) is 0 Å². The second-order valence-electron chi connectivity index (χ2n) is 6.24. The van der Waals surface area contributed by atoms with Crippen molar-refractivity contribution in [3.05, 3.63) is 67.6 Å². The average molecular weight is 463 g/mol. The van der Waals surface area contributed by atoms with Gasteiger partial charge in [-0.15, -0.1) is 0 Å². The van der Waals surface area contributed by atoms with E-state index < -0.39 is 27.7 Å². The van der Waals surface area contributed by atoms with Gasteiger partial charge >= 0.3 is 11.7 Å². The predicted octanol–water partition coefficient (Wildman–Crippen LogP) is 4.42. The molecule has 0 unspecified atom stereocenters. The summed E-state index contributed by atoms with van der Waals surface area (Å²) in [5.74, 6) is -1.80. The average Bonchev–Trinajstić information content (AvgIpc) is 2.97. The van der Waals surface area contributed by atoms with Crippen LogP contribution in [0.1, 0.15) is 18.1 Å². The Balaban J connectivity index is 1.98. The molecule has 2 aromatic rings. The zero-order valence-corrected chi connectivity index (χ0v) is 17.9. The van der Waals surface area contributed by atoms with Gasteiger partial charge in [-0.2, -0.15) is 0 Å². The van der Waals surface area contributed by atoms with Crippen LogP contribution < -0.4 is 9.47 Å². The Kier molecular flexibility index (Phi) is 6.62. The minimum absolute atomic E-state index is 0.00957. The summed E-state index contributed by atoms with van der Waals surface area (Å²) in [4.78, 5) is 48.3. The second-order valence-corrected chi connectivity index (χ2v) is 7.65. The number of ether oxygens (including phenoxy) is 2. The van der Waals surface area contributed by atoms with E-state index >= 15 is 0 Å². The first-order chi connectivity index (χ1) is 14.7. The number of thioether (sulfide) groups is 1. The van der Waals surface area contributed by atoms with Crippen molar-refractivity contribution >= 4 is 52.2 Å². The van der Waals surface area contributed by atoms with E-state index in [9.17, 15) is 24.5 Å². The highest BCUT2D eigenvalue weighted by molar-refractivity contribution is 8.18. The zero-order valence-electron chi connectivity index (χ0n) is 16.3. The minimum Gasteiger partial charge on any atom is -0.490 e. The quantitative estimate of drug-likeness (QED) is 0.203. The number of hydrogen-bond donors (Lipinski definition) is 0. The van der Waals surface area contributed by atoms with Crippen molar-refractivity contribution in [3.8, 4) is 11.5 Å². The van der Waals surface area contributed by atoms with Gasteiger partial charge in [0.1, 0.15) is 0 Å². The highest BCUT2D eigenvalue weighted by atomic mass is 35.5. The molecule has 1 aliphatic rings. The molecule has 3 rings (SSSR count). The van der Waals surface area contributed by atoms with E-state index in [4.69, 9.17) is 21.1 Å². The van der Waals surface area contributed by atoms with Crippen LogP contribution in [0.2, 0.25) is 5.02 Å². The summed E-state index contributed by atoms with van der Waals surface area (Å²) in [5.41, 5.74) is 0.210. The van der Waals surface area contributed by atoms with Crippen LogP contribution >= 0.6 is 23.4 Å². The number of amides is 2. The van der Waals surface area contributed by atoms with Gasteiger partial charge in [0.05, 0.1) is 23.5 Å². The molecule has 0 bridgehead atoms. The summed E-state index contributed by atoms with van der Waals surface area (Å²) < 4.78 is 10.0. The van der Waals surface area contributed by atoms with Gasteiger partial charge in [-0.3, -0.25) is 29.4 Å². The molecule has 0 aliphatic carbocycles. The van der Waals surface area contributed by atoms with Crippen LogP contribution in [0.4, 0.5) is 10.5 Å². The summed E-state index contributed by atoms with van der Waals surface area (Å²) in [6.07, 6.45) is 1.32. The van der Waals surface area contributed by atoms with E-state index in [1.165, 1.54) is 25.3 Å². The van der Waals surface area contributed by atoms with Gasteiger partial charge < -0.3 is 9.47 Å². The lowest BCUT2D eigenvalue weighted by Crippen LogP contribution is -2.27. The van der Waals surface area contributed by atoms with E-state index in [0.29, 0.717) is 22.3 Å². The zero-order chi connectivity index (χ0) is 22.7. The maximum atomic E-state index is 12.8. The molecule has 2 aromatic carbocycles. The normalized spacial score (nSPS) is 14.8. The summed E-state index contributed by atoms with van der Waals surface area (Å²) in [6.45, 7) is 1.10. The van der Waals surface area contributed by atoms with Crippen LogP contribution in [0.3, 0.4) is 0 Å². The van der Waals surface area contributed by atoms with Gasteiger partial charge in [0.2, 0.25) is 11.5 Å². The highest BCUT2D eigenvalue weighted by Gasteiger charge is 2.36. The molecule has 1 heterocycles. The van der Waals surface area contributed by atoms with Gasteiger partial charge in [0.25, 0.3) is 11.1 Å². The molecule has 31 heavy (non-hydrogen) atoms. The molecular formula is C20H15ClN2O7S. The molecule has 0 spiro atoms. The third-order valence-corrected chi connectivity index (χ3v) is 5.49. The van der Waals surface area contributed by atoms with Crippen LogP contribution in [0.25, 0.3) is 6.08 Å². The standard InChI is InChI=1S/C20H15ClN2O7S/c1-11(24)30-15-8-7-12(18(29-2)17(15)23(27)28)9-16-19(25)22(20(26)31-16)10-13-5-3-4-6-14(13)21/h3-9H,10H2,1-2H3/b16-9-. The van der Waals surface area contributed by atoms with Crippen molar-refractivity contribution in [3.63, 3.8) is 0 Å². The highest BCUT2D eigenvalue weighted by Crippen LogP contribution is 2.42. The Hall–Kier alpha value is -3.37. The molecule has 1 fully saturated rings. The van der Waals surface area contributed by atoms with Crippen molar-refractivity contribution < 1.29 is 28.8 Å². The molecule has 11 heteroatoms. The SMILES string of the molecule is COc1c(/C=C2\SC(=O)N(Cc3ccccc3Cl)C2=O)ccc(OC(C)=O)c1[N+](=O)[O-]. The van der Waals surface area contributed by atoms with Crippen LogP contribution in [-0.4, -0.2) is 34.0 Å². The molecule has 0 aromatic heterocycles. The second kappa shape index (κ2) is 9.19. The first-order valence-electron chi connectivity index (χ1n) is 8.75. The van der Waals surface area contributed by atoms with Gasteiger partial charge in [-0.1, -0.05) is 29.8 Å². The number of imide groups is 1. The monoisotopic (exact) mass is 462 g/mol. The molecule has 9 nitrogen and oxygen atoms in total. The number of nitro groups is 1. The van der Waals surface area contributed by atoms with Crippen LogP contribution in [0.5, 0.6) is 11.5 Å². The lowest BCUT2D eigenvalue weighted by molar-refractivity contribution is -0.386. The fraction of sp³-hybridized carbons (Fsp3) is 0.150. The Labute approximate surface area is 185 Å². The summed E-state index contributed by atoms with van der Waals surface area (Å²) in [5, 5.41) is 11.5. The first kappa shape index (κ1) is 22.3. The topological polar surface area (TPSA) is 116 Å². The van der Waals surface area contributed by atoms with Crippen LogP contribution in [0.15, 0.2) is 41.3 Å². The molecular weight excluding hydrogens is 448 g/mol. The van der Waals surface area contributed by atoms with Crippen molar-refractivity contribution in [2.45, 2.75) is 13.5 Å². The molecule has 0 N–H and O–H groups in total. The van der Waals surface area contributed by atoms with Crippen LogP contribution in [-0.2, 0) is 16.1 Å². The number of benzene rings is 2. The molecule has 1 saturated heterocycles. The predicted molar refractivity (Wildman–Crippen MR) is 114 cm³/mol. The molecule has 0 radical (unpaired) electrons. The lowest BCUT2D eigenvalue weighted by atomic mass is 10.1. The summed E-state index contributed by atoms with van der Waals surface area (Å²) in [7, 11) is 1.21.